The number of ether oxygens (including phenoxy) is 1. The zero-order valence-corrected chi connectivity index (χ0v) is 10.6. The standard InChI is InChI=1S/C11H13ClN4O2/c1-6-14-10(12)9-11(15-6)16(5-13-9)8-3-2-7(4-17)18-8/h5,7-8,17H,2-4H2,1H3/t7-,8?/m0/s1. The fourth-order valence-corrected chi connectivity index (χ4v) is 2.48. The van der Waals surface area contributed by atoms with Crippen molar-refractivity contribution in [2.24, 2.45) is 0 Å². The number of hydrogen-bond acceptors (Lipinski definition) is 5. The summed E-state index contributed by atoms with van der Waals surface area (Å²) in [5.41, 5.74) is 1.26. The van der Waals surface area contributed by atoms with Crippen LogP contribution in [0.25, 0.3) is 11.2 Å². The monoisotopic (exact) mass is 268 g/mol. The van der Waals surface area contributed by atoms with Crippen molar-refractivity contribution < 1.29 is 9.84 Å². The summed E-state index contributed by atoms with van der Waals surface area (Å²) in [5.74, 6) is 0.603. The summed E-state index contributed by atoms with van der Waals surface area (Å²) >= 11 is 6.03. The van der Waals surface area contributed by atoms with Crippen LogP contribution in [0.15, 0.2) is 6.33 Å². The molecule has 0 spiro atoms. The third kappa shape index (κ3) is 1.86. The summed E-state index contributed by atoms with van der Waals surface area (Å²) in [6.45, 7) is 1.83. The van der Waals surface area contributed by atoms with Crippen LogP contribution in [0, 0.1) is 6.92 Å². The number of nitrogens with zero attached hydrogens (tertiary/aromatic N) is 4. The highest BCUT2D eigenvalue weighted by molar-refractivity contribution is 6.33. The van der Waals surface area contributed by atoms with Crippen molar-refractivity contribution in [3.63, 3.8) is 0 Å². The van der Waals surface area contributed by atoms with Gasteiger partial charge in [-0.3, -0.25) is 4.57 Å². The lowest BCUT2D eigenvalue weighted by atomic mass is 10.2. The Kier molecular flexibility index (Phi) is 2.93. The Hall–Kier alpha value is -1.24. The van der Waals surface area contributed by atoms with Crippen LogP contribution in [0.2, 0.25) is 5.15 Å². The van der Waals surface area contributed by atoms with Gasteiger partial charge in [-0.05, 0) is 19.8 Å². The minimum Gasteiger partial charge on any atom is -0.394 e. The summed E-state index contributed by atoms with van der Waals surface area (Å²) in [4.78, 5) is 12.6. The van der Waals surface area contributed by atoms with Gasteiger partial charge in [0.1, 0.15) is 17.6 Å². The normalized spacial score (nSPS) is 23.9. The van der Waals surface area contributed by atoms with Gasteiger partial charge in [0.15, 0.2) is 10.8 Å². The van der Waals surface area contributed by atoms with Gasteiger partial charge in [-0.1, -0.05) is 11.6 Å². The topological polar surface area (TPSA) is 73.1 Å². The zero-order valence-electron chi connectivity index (χ0n) is 9.88. The van der Waals surface area contributed by atoms with Crippen LogP contribution in [0.4, 0.5) is 0 Å². The number of aromatic nitrogens is 4. The van der Waals surface area contributed by atoms with Crippen LogP contribution < -0.4 is 0 Å². The van der Waals surface area contributed by atoms with E-state index in [2.05, 4.69) is 15.0 Å². The molecule has 1 unspecified atom stereocenters. The first-order valence-electron chi connectivity index (χ1n) is 5.82. The van der Waals surface area contributed by atoms with E-state index in [1.54, 1.807) is 13.3 Å². The van der Waals surface area contributed by atoms with E-state index in [1.165, 1.54) is 0 Å². The number of hydrogen-bond donors (Lipinski definition) is 1. The molecule has 2 atom stereocenters. The van der Waals surface area contributed by atoms with E-state index in [0.717, 1.165) is 12.8 Å². The first-order chi connectivity index (χ1) is 8.69. The Morgan fingerprint density at radius 1 is 1.50 bits per heavy atom. The summed E-state index contributed by atoms with van der Waals surface area (Å²) in [7, 11) is 0. The minimum atomic E-state index is -0.141. The number of halogens is 1. The van der Waals surface area contributed by atoms with E-state index in [1.807, 2.05) is 4.57 Å². The quantitative estimate of drug-likeness (QED) is 0.835. The maximum atomic E-state index is 9.09. The van der Waals surface area contributed by atoms with Crippen LogP contribution in [0.5, 0.6) is 0 Å². The molecule has 1 fully saturated rings. The molecule has 0 aliphatic carbocycles. The molecule has 1 saturated heterocycles. The Balaban J connectivity index is 2.03. The molecule has 3 heterocycles. The molecule has 1 aliphatic rings. The van der Waals surface area contributed by atoms with Crippen molar-refractivity contribution in [1.29, 1.82) is 0 Å². The summed E-state index contributed by atoms with van der Waals surface area (Å²) in [6.07, 6.45) is 3.08. The number of rotatable bonds is 2. The molecule has 18 heavy (non-hydrogen) atoms. The molecule has 2 aromatic heterocycles. The van der Waals surface area contributed by atoms with Gasteiger partial charge in [-0.15, -0.1) is 0 Å². The lowest BCUT2D eigenvalue weighted by molar-refractivity contribution is -0.0207. The van der Waals surface area contributed by atoms with Crippen molar-refractivity contribution in [2.75, 3.05) is 6.61 Å². The molecule has 2 aromatic rings. The Morgan fingerprint density at radius 2 is 2.33 bits per heavy atom. The molecule has 0 radical (unpaired) electrons. The molecule has 96 valence electrons. The average Bonchev–Trinajstić information content (AvgIpc) is 2.93. The van der Waals surface area contributed by atoms with Crippen molar-refractivity contribution in [3.8, 4) is 0 Å². The summed E-state index contributed by atoms with van der Waals surface area (Å²) in [5, 5.41) is 9.44. The molecular formula is C11H13ClN4O2. The first kappa shape index (κ1) is 11.8. The van der Waals surface area contributed by atoms with Gasteiger partial charge in [0.2, 0.25) is 0 Å². The van der Waals surface area contributed by atoms with Crippen LogP contribution in [0.3, 0.4) is 0 Å². The van der Waals surface area contributed by atoms with E-state index in [9.17, 15) is 0 Å². The Morgan fingerprint density at radius 3 is 3.06 bits per heavy atom. The number of aliphatic hydroxyl groups is 1. The third-order valence-electron chi connectivity index (χ3n) is 3.09. The number of imidazole rings is 1. The average molecular weight is 269 g/mol. The minimum absolute atomic E-state index is 0.0396. The fraction of sp³-hybridized carbons (Fsp3) is 0.545. The molecule has 0 bridgehead atoms. The van der Waals surface area contributed by atoms with Gasteiger partial charge in [-0.2, -0.15) is 0 Å². The van der Waals surface area contributed by atoms with E-state index < -0.39 is 0 Å². The smallest absolute Gasteiger partial charge is 0.167 e. The zero-order chi connectivity index (χ0) is 12.7. The van der Waals surface area contributed by atoms with Crippen molar-refractivity contribution >= 4 is 22.8 Å². The largest absolute Gasteiger partial charge is 0.394 e. The highest BCUT2D eigenvalue weighted by atomic mass is 35.5. The van der Waals surface area contributed by atoms with Crippen molar-refractivity contribution in [2.45, 2.75) is 32.1 Å². The second-order valence-corrected chi connectivity index (χ2v) is 4.72. The predicted octanol–water partition coefficient (Wildman–Crippen LogP) is 1.46. The lowest BCUT2D eigenvalue weighted by Gasteiger charge is -2.13. The number of fused-ring (bicyclic) bond motifs is 1. The van der Waals surface area contributed by atoms with E-state index in [4.69, 9.17) is 21.4 Å². The van der Waals surface area contributed by atoms with Crippen LogP contribution in [-0.2, 0) is 4.74 Å². The maximum Gasteiger partial charge on any atom is 0.167 e. The highest BCUT2D eigenvalue weighted by Gasteiger charge is 2.27. The lowest BCUT2D eigenvalue weighted by Crippen LogP contribution is -2.14. The molecule has 0 aromatic carbocycles. The van der Waals surface area contributed by atoms with E-state index in [0.29, 0.717) is 22.1 Å². The van der Waals surface area contributed by atoms with Gasteiger partial charge < -0.3 is 9.84 Å². The number of aryl methyl sites for hydroxylation is 1. The highest BCUT2D eigenvalue weighted by Crippen LogP contribution is 2.31. The molecule has 1 aliphatic heterocycles. The van der Waals surface area contributed by atoms with Gasteiger partial charge in [0.05, 0.1) is 19.0 Å². The second kappa shape index (κ2) is 4.46. The maximum absolute atomic E-state index is 9.09. The van der Waals surface area contributed by atoms with Gasteiger partial charge in [0, 0.05) is 0 Å². The predicted molar refractivity (Wildman–Crippen MR) is 65.3 cm³/mol. The molecular weight excluding hydrogens is 256 g/mol. The summed E-state index contributed by atoms with van der Waals surface area (Å²) in [6, 6.07) is 0. The molecule has 0 amide bonds. The van der Waals surface area contributed by atoms with Gasteiger partial charge >= 0.3 is 0 Å². The first-order valence-corrected chi connectivity index (χ1v) is 6.20. The summed E-state index contributed by atoms with van der Waals surface area (Å²) < 4.78 is 7.57. The van der Waals surface area contributed by atoms with Crippen LogP contribution in [-0.4, -0.2) is 37.3 Å². The number of aliphatic hydroxyl groups excluding tert-OH is 1. The molecule has 1 N–H and O–H groups in total. The molecule has 7 heteroatoms. The fourth-order valence-electron chi connectivity index (χ4n) is 2.22. The van der Waals surface area contributed by atoms with E-state index in [-0.39, 0.29) is 18.9 Å². The van der Waals surface area contributed by atoms with Crippen LogP contribution >= 0.6 is 11.6 Å². The van der Waals surface area contributed by atoms with Gasteiger partial charge in [-0.25, -0.2) is 15.0 Å². The van der Waals surface area contributed by atoms with Crippen molar-refractivity contribution in [1.82, 2.24) is 19.5 Å². The van der Waals surface area contributed by atoms with Crippen molar-refractivity contribution in [3.05, 3.63) is 17.3 Å². The molecule has 6 nitrogen and oxygen atoms in total. The van der Waals surface area contributed by atoms with Gasteiger partial charge in [0.25, 0.3) is 0 Å². The Bertz CT molecular complexity index is 586. The SMILES string of the molecule is Cc1nc(Cl)c2ncn(C3CC[C@@H](CO)O3)c2n1. The van der Waals surface area contributed by atoms with E-state index >= 15 is 0 Å². The Labute approximate surface area is 109 Å². The third-order valence-corrected chi connectivity index (χ3v) is 3.35. The second-order valence-electron chi connectivity index (χ2n) is 4.36. The molecule has 3 rings (SSSR count). The van der Waals surface area contributed by atoms with Crippen LogP contribution in [0.1, 0.15) is 24.9 Å². The molecule has 0 saturated carbocycles.